The lowest BCUT2D eigenvalue weighted by Gasteiger charge is -2.19. The van der Waals surface area contributed by atoms with Crippen LogP contribution in [0.1, 0.15) is 19.3 Å². The van der Waals surface area contributed by atoms with E-state index in [9.17, 15) is 8.42 Å². The van der Waals surface area contributed by atoms with Gasteiger partial charge in [0.25, 0.3) is 10.0 Å². The Balaban J connectivity index is 1.99. The van der Waals surface area contributed by atoms with E-state index in [4.69, 9.17) is 10.5 Å². The molecule has 3 rings (SSSR count). The Hall–Kier alpha value is -1.64. The van der Waals surface area contributed by atoms with Gasteiger partial charge in [0.05, 0.1) is 6.10 Å². The summed E-state index contributed by atoms with van der Waals surface area (Å²) < 4.78 is 34.8. The van der Waals surface area contributed by atoms with Crippen molar-refractivity contribution in [2.75, 3.05) is 12.8 Å². The van der Waals surface area contributed by atoms with Crippen LogP contribution in [0.3, 0.4) is 0 Å². The van der Waals surface area contributed by atoms with Crippen molar-refractivity contribution in [1.82, 2.24) is 14.1 Å². The maximum absolute atomic E-state index is 12.6. The minimum Gasteiger partial charge on any atom is -0.381 e. The number of sulfonamides is 1. The van der Waals surface area contributed by atoms with Gasteiger partial charge in [-0.15, -0.1) is 0 Å². The molecule has 2 atom stereocenters. The molecular weight excluding hydrogens is 292 g/mol. The van der Waals surface area contributed by atoms with Gasteiger partial charge in [-0.25, -0.2) is 18.1 Å². The van der Waals surface area contributed by atoms with Gasteiger partial charge in [-0.05, 0) is 31.4 Å². The molecule has 0 bridgehead atoms. The average Bonchev–Trinajstić information content (AvgIpc) is 3.00. The number of anilines is 1. The molecule has 7 nitrogen and oxygen atoms in total. The molecule has 1 saturated carbocycles. The number of hydrogen-bond donors (Lipinski definition) is 2. The number of fused-ring (bicyclic) bond motifs is 1. The van der Waals surface area contributed by atoms with Crippen LogP contribution in [0.2, 0.25) is 0 Å². The molecule has 1 aliphatic carbocycles. The van der Waals surface area contributed by atoms with Gasteiger partial charge in [0.1, 0.15) is 5.65 Å². The topological polar surface area (TPSA) is 98.7 Å². The smallest absolute Gasteiger partial charge is 0.260 e. The zero-order valence-electron chi connectivity index (χ0n) is 11.7. The quantitative estimate of drug-likeness (QED) is 0.869. The van der Waals surface area contributed by atoms with E-state index in [1.54, 1.807) is 31.5 Å². The van der Waals surface area contributed by atoms with Crippen LogP contribution < -0.4 is 10.5 Å². The molecule has 1 aliphatic rings. The van der Waals surface area contributed by atoms with Gasteiger partial charge in [-0.1, -0.05) is 6.07 Å². The highest BCUT2D eigenvalue weighted by Crippen LogP contribution is 2.25. The highest BCUT2D eigenvalue weighted by molar-refractivity contribution is 7.89. The maximum Gasteiger partial charge on any atom is 0.260 e. The molecule has 0 radical (unpaired) electrons. The lowest BCUT2D eigenvalue weighted by Crippen LogP contribution is -2.41. The molecule has 2 aromatic rings. The van der Waals surface area contributed by atoms with E-state index in [1.807, 2.05) is 0 Å². The first-order valence-electron chi connectivity index (χ1n) is 6.80. The van der Waals surface area contributed by atoms with E-state index in [0.717, 1.165) is 19.3 Å². The minimum absolute atomic E-state index is 0.000615. The minimum atomic E-state index is -3.76. The van der Waals surface area contributed by atoms with Gasteiger partial charge < -0.3 is 10.5 Å². The number of hydrogen-bond acceptors (Lipinski definition) is 5. The Morgan fingerprint density at radius 2 is 2.24 bits per heavy atom. The fraction of sp³-hybridized carbons (Fsp3) is 0.462. The number of nitrogen functional groups attached to an aromatic ring is 1. The summed E-state index contributed by atoms with van der Waals surface area (Å²) in [7, 11) is -2.16. The van der Waals surface area contributed by atoms with Crippen LogP contribution in [-0.4, -0.2) is 37.1 Å². The van der Waals surface area contributed by atoms with Crippen LogP contribution in [0, 0.1) is 0 Å². The molecule has 0 spiro atoms. The fourth-order valence-electron chi connectivity index (χ4n) is 2.86. The van der Waals surface area contributed by atoms with Crippen LogP contribution in [-0.2, 0) is 14.8 Å². The number of aromatic nitrogens is 2. The number of nitrogens with one attached hydrogen (secondary N) is 1. The summed E-state index contributed by atoms with van der Waals surface area (Å²) in [6.45, 7) is 0. The highest BCUT2D eigenvalue weighted by Gasteiger charge is 2.33. The first-order valence-corrected chi connectivity index (χ1v) is 8.29. The summed E-state index contributed by atoms with van der Waals surface area (Å²) in [5.74, 6) is 0.000615. The molecule has 2 unspecified atom stereocenters. The molecular formula is C13H18N4O3S. The molecule has 2 heterocycles. The molecule has 0 saturated heterocycles. The number of nitrogens with two attached hydrogens (primary N) is 1. The van der Waals surface area contributed by atoms with E-state index >= 15 is 0 Å². The fourth-order valence-corrected chi connectivity index (χ4v) is 4.37. The number of pyridine rings is 1. The standard InChI is InChI=1S/C13H18N4O3S/c1-20-10-6-4-5-9(10)16-21(18,19)13-12(14)15-11-7-2-3-8-17(11)13/h2-3,7-10,16H,4-6,14H2,1H3. The summed E-state index contributed by atoms with van der Waals surface area (Å²) in [6, 6.07) is 5.00. The Morgan fingerprint density at radius 3 is 3.00 bits per heavy atom. The van der Waals surface area contributed by atoms with Gasteiger partial charge in [-0.2, -0.15) is 0 Å². The number of nitrogens with zero attached hydrogens (tertiary/aromatic N) is 2. The van der Waals surface area contributed by atoms with Crippen LogP contribution in [0.25, 0.3) is 5.65 Å². The first kappa shape index (κ1) is 14.3. The summed E-state index contributed by atoms with van der Waals surface area (Å²) in [5.41, 5.74) is 6.30. The summed E-state index contributed by atoms with van der Waals surface area (Å²) in [6.07, 6.45) is 4.09. The van der Waals surface area contributed by atoms with E-state index in [1.165, 1.54) is 4.40 Å². The van der Waals surface area contributed by atoms with Crippen molar-refractivity contribution >= 4 is 21.5 Å². The maximum atomic E-state index is 12.6. The van der Waals surface area contributed by atoms with Crippen molar-refractivity contribution in [3.63, 3.8) is 0 Å². The Kier molecular flexibility index (Phi) is 3.60. The molecule has 21 heavy (non-hydrogen) atoms. The van der Waals surface area contributed by atoms with Crippen molar-refractivity contribution in [3.05, 3.63) is 24.4 Å². The molecule has 2 aromatic heterocycles. The third-order valence-corrected chi connectivity index (χ3v) is 5.36. The predicted molar refractivity (Wildman–Crippen MR) is 78.4 cm³/mol. The normalized spacial score (nSPS) is 22.9. The van der Waals surface area contributed by atoms with Crippen LogP contribution >= 0.6 is 0 Å². The Bertz CT molecular complexity index is 756. The van der Waals surface area contributed by atoms with Crippen LogP contribution in [0.4, 0.5) is 5.82 Å². The molecule has 0 aliphatic heterocycles. The van der Waals surface area contributed by atoms with Crippen LogP contribution in [0.15, 0.2) is 29.4 Å². The van der Waals surface area contributed by atoms with Gasteiger partial charge in [0, 0.05) is 19.3 Å². The van der Waals surface area contributed by atoms with Crippen LogP contribution in [0.5, 0.6) is 0 Å². The Morgan fingerprint density at radius 1 is 1.43 bits per heavy atom. The zero-order valence-corrected chi connectivity index (χ0v) is 12.5. The number of imidazole rings is 1. The zero-order chi connectivity index (χ0) is 15.0. The second-order valence-electron chi connectivity index (χ2n) is 5.16. The van der Waals surface area contributed by atoms with Gasteiger partial charge >= 0.3 is 0 Å². The number of rotatable bonds is 4. The van der Waals surface area contributed by atoms with Gasteiger partial charge in [-0.3, -0.25) is 4.40 Å². The van der Waals surface area contributed by atoms with Crippen molar-refractivity contribution in [3.8, 4) is 0 Å². The van der Waals surface area contributed by atoms with Crippen molar-refractivity contribution in [2.45, 2.75) is 36.4 Å². The molecule has 0 aromatic carbocycles. The predicted octanol–water partition coefficient (Wildman–Crippen LogP) is 0.762. The molecule has 1 fully saturated rings. The SMILES string of the molecule is COC1CCCC1NS(=O)(=O)c1c(N)nc2ccccn12. The monoisotopic (exact) mass is 310 g/mol. The van der Waals surface area contributed by atoms with Crippen molar-refractivity contribution in [1.29, 1.82) is 0 Å². The lowest BCUT2D eigenvalue weighted by molar-refractivity contribution is 0.0916. The largest absolute Gasteiger partial charge is 0.381 e. The summed E-state index contributed by atoms with van der Waals surface area (Å²) in [4.78, 5) is 4.08. The van der Waals surface area contributed by atoms with E-state index < -0.39 is 10.0 Å². The molecule has 3 N–H and O–H groups in total. The van der Waals surface area contributed by atoms with Gasteiger partial charge in [0.2, 0.25) is 0 Å². The summed E-state index contributed by atoms with van der Waals surface area (Å²) in [5, 5.41) is -0.0140. The third-order valence-electron chi connectivity index (χ3n) is 3.83. The van der Waals surface area contributed by atoms with E-state index in [-0.39, 0.29) is 23.0 Å². The lowest BCUT2D eigenvalue weighted by atomic mass is 10.2. The van der Waals surface area contributed by atoms with Crippen molar-refractivity contribution < 1.29 is 13.2 Å². The third kappa shape index (κ3) is 2.50. The van der Waals surface area contributed by atoms with E-state index in [0.29, 0.717) is 5.65 Å². The Labute approximate surface area is 123 Å². The highest BCUT2D eigenvalue weighted by atomic mass is 32.2. The summed E-state index contributed by atoms with van der Waals surface area (Å²) >= 11 is 0. The van der Waals surface area contributed by atoms with Gasteiger partial charge in [0.15, 0.2) is 10.8 Å². The molecule has 0 amide bonds. The number of ether oxygens (including phenoxy) is 1. The molecule has 114 valence electrons. The first-order chi connectivity index (χ1) is 10.0. The average molecular weight is 310 g/mol. The van der Waals surface area contributed by atoms with E-state index in [2.05, 4.69) is 9.71 Å². The van der Waals surface area contributed by atoms with Crippen molar-refractivity contribution in [2.24, 2.45) is 0 Å². The second kappa shape index (κ2) is 5.28. The second-order valence-corrected chi connectivity index (χ2v) is 6.79. The molecule has 8 heteroatoms. The number of methoxy groups -OCH3 is 1.